The molecule has 0 aliphatic rings. The van der Waals surface area contributed by atoms with Crippen LogP contribution in [0.5, 0.6) is 5.75 Å². The van der Waals surface area contributed by atoms with E-state index in [1.54, 1.807) is 26.2 Å². The zero-order valence-electron chi connectivity index (χ0n) is 7.26. The Balaban J connectivity index is 2.71. The quantitative estimate of drug-likeness (QED) is 0.677. The summed E-state index contributed by atoms with van der Waals surface area (Å²) in [7, 11) is 1.59. The maximum atomic E-state index is 10.7. The van der Waals surface area contributed by atoms with Crippen molar-refractivity contribution in [3.05, 3.63) is 29.8 Å². The number of benzene rings is 1. The smallest absolute Gasteiger partial charge is 0.134 e. The summed E-state index contributed by atoms with van der Waals surface area (Å²) in [6.45, 7) is 1.57. The molecule has 12 heavy (non-hydrogen) atoms. The number of rotatable bonds is 3. The highest BCUT2D eigenvalue weighted by Gasteiger charge is 1.97. The molecule has 0 amide bonds. The predicted molar refractivity (Wildman–Crippen MR) is 46.2 cm³/mol. The van der Waals surface area contributed by atoms with E-state index in [1.165, 1.54) is 0 Å². The second-order valence-corrected chi connectivity index (χ2v) is 2.64. The second kappa shape index (κ2) is 3.90. The second-order valence-electron chi connectivity index (χ2n) is 2.64. The Hall–Kier alpha value is -1.31. The zero-order valence-corrected chi connectivity index (χ0v) is 7.26. The van der Waals surface area contributed by atoms with Crippen molar-refractivity contribution in [1.29, 1.82) is 0 Å². The highest BCUT2D eigenvalue weighted by atomic mass is 16.5. The fourth-order valence-electron chi connectivity index (χ4n) is 0.967. The standard InChI is InChI=1S/C10H11O2/c1-8(11)7-9-3-5-10(12-2)6-4-9/h3-5H,7H2,1-2H3. The van der Waals surface area contributed by atoms with Gasteiger partial charge in [0.15, 0.2) is 0 Å². The van der Waals surface area contributed by atoms with Crippen molar-refractivity contribution in [2.24, 2.45) is 0 Å². The summed E-state index contributed by atoms with van der Waals surface area (Å²) < 4.78 is 4.93. The number of ether oxygens (including phenoxy) is 1. The van der Waals surface area contributed by atoms with Gasteiger partial charge in [0.2, 0.25) is 0 Å². The normalized spacial score (nSPS) is 9.50. The summed E-state index contributed by atoms with van der Waals surface area (Å²) in [6.07, 6.45) is 0.473. The summed E-state index contributed by atoms with van der Waals surface area (Å²) in [5.41, 5.74) is 0.975. The van der Waals surface area contributed by atoms with Crippen molar-refractivity contribution in [2.75, 3.05) is 7.11 Å². The van der Waals surface area contributed by atoms with E-state index in [1.807, 2.05) is 6.07 Å². The highest BCUT2D eigenvalue weighted by Crippen LogP contribution is 2.10. The van der Waals surface area contributed by atoms with E-state index >= 15 is 0 Å². The van der Waals surface area contributed by atoms with Crippen molar-refractivity contribution in [1.82, 2.24) is 0 Å². The lowest BCUT2D eigenvalue weighted by Gasteiger charge is -1.99. The van der Waals surface area contributed by atoms with Crippen LogP contribution in [0.3, 0.4) is 0 Å². The molecule has 0 spiro atoms. The van der Waals surface area contributed by atoms with Gasteiger partial charge >= 0.3 is 0 Å². The molecule has 1 rings (SSSR count). The van der Waals surface area contributed by atoms with Gasteiger partial charge in [0, 0.05) is 12.5 Å². The molecule has 0 heterocycles. The fraction of sp³-hybridized carbons (Fsp3) is 0.300. The third-order valence-corrected chi connectivity index (χ3v) is 1.52. The Bertz CT molecular complexity index is 262. The minimum atomic E-state index is 0.161. The van der Waals surface area contributed by atoms with Crippen LogP contribution < -0.4 is 4.74 Å². The first kappa shape index (κ1) is 8.78. The molecule has 0 N–H and O–H groups in total. The van der Waals surface area contributed by atoms with Crippen LogP contribution in [0.1, 0.15) is 12.5 Å². The molecule has 0 aliphatic carbocycles. The largest absolute Gasteiger partial charge is 0.496 e. The molecule has 0 aromatic heterocycles. The third kappa shape index (κ3) is 2.38. The van der Waals surface area contributed by atoms with Gasteiger partial charge in [0.05, 0.1) is 7.11 Å². The predicted octanol–water partition coefficient (Wildman–Crippen LogP) is 1.63. The SMILES string of the molecule is COc1[c]cc(CC(C)=O)cc1. The van der Waals surface area contributed by atoms with Gasteiger partial charge in [0.1, 0.15) is 11.5 Å². The van der Waals surface area contributed by atoms with E-state index in [-0.39, 0.29) is 5.78 Å². The first-order chi connectivity index (χ1) is 5.72. The van der Waals surface area contributed by atoms with Gasteiger partial charge in [-0.05, 0) is 24.6 Å². The van der Waals surface area contributed by atoms with Crippen LogP contribution in [0.2, 0.25) is 0 Å². The Labute approximate surface area is 72.2 Å². The number of carbonyl (C=O) groups is 1. The molecule has 0 fully saturated rings. The van der Waals surface area contributed by atoms with Gasteiger partial charge in [-0.25, -0.2) is 0 Å². The average molecular weight is 163 g/mol. The first-order valence-electron chi connectivity index (χ1n) is 3.76. The highest BCUT2D eigenvalue weighted by molar-refractivity contribution is 5.78. The summed E-state index contributed by atoms with van der Waals surface area (Å²) in [5.74, 6) is 0.857. The van der Waals surface area contributed by atoms with E-state index < -0.39 is 0 Å². The van der Waals surface area contributed by atoms with E-state index in [4.69, 9.17) is 4.74 Å². The summed E-state index contributed by atoms with van der Waals surface area (Å²) in [6, 6.07) is 8.37. The van der Waals surface area contributed by atoms with Gasteiger partial charge in [-0.15, -0.1) is 0 Å². The van der Waals surface area contributed by atoms with Gasteiger partial charge in [-0.3, -0.25) is 4.79 Å². The fourth-order valence-corrected chi connectivity index (χ4v) is 0.967. The molecule has 2 nitrogen and oxygen atoms in total. The van der Waals surface area contributed by atoms with Crippen molar-refractivity contribution < 1.29 is 9.53 Å². The third-order valence-electron chi connectivity index (χ3n) is 1.52. The average Bonchev–Trinajstić information content (AvgIpc) is 2.05. The lowest BCUT2D eigenvalue weighted by atomic mass is 10.1. The monoisotopic (exact) mass is 163 g/mol. The molecule has 2 heteroatoms. The number of Topliss-reactive ketones (excluding diaryl/α,β-unsaturated/α-hetero) is 1. The Kier molecular flexibility index (Phi) is 2.86. The summed E-state index contributed by atoms with van der Waals surface area (Å²) >= 11 is 0. The zero-order chi connectivity index (χ0) is 8.97. The van der Waals surface area contributed by atoms with Gasteiger partial charge in [-0.2, -0.15) is 0 Å². The Morgan fingerprint density at radius 3 is 2.75 bits per heavy atom. The van der Waals surface area contributed by atoms with Crippen LogP contribution >= 0.6 is 0 Å². The van der Waals surface area contributed by atoms with Gasteiger partial charge < -0.3 is 4.74 Å². The molecular weight excluding hydrogens is 152 g/mol. The molecule has 0 aliphatic heterocycles. The molecule has 0 unspecified atom stereocenters. The minimum absolute atomic E-state index is 0.161. The van der Waals surface area contributed by atoms with E-state index in [0.29, 0.717) is 12.2 Å². The van der Waals surface area contributed by atoms with E-state index in [0.717, 1.165) is 5.56 Å². The summed E-state index contributed by atoms with van der Waals surface area (Å²) in [5, 5.41) is 0. The molecule has 1 aromatic carbocycles. The molecular formula is C10H11O2. The van der Waals surface area contributed by atoms with Crippen LogP contribution in [0.25, 0.3) is 0 Å². The van der Waals surface area contributed by atoms with Crippen LogP contribution in [0.4, 0.5) is 0 Å². The summed E-state index contributed by atoms with van der Waals surface area (Å²) in [4.78, 5) is 10.7. The van der Waals surface area contributed by atoms with E-state index in [9.17, 15) is 4.79 Å². The van der Waals surface area contributed by atoms with Crippen LogP contribution in [0.15, 0.2) is 18.2 Å². The van der Waals surface area contributed by atoms with Gasteiger partial charge in [0.25, 0.3) is 0 Å². The topological polar surface area (TPSA) is 26.3 Å². The van der Waals surface area contributed by atoms with Crippen LogP contribution in [-0.2, 0) is 11.2 Å². The molecule has 63 valence electrons. The van der Waals surface area contributed by atoms with Crippen molar-refractivity contribution in [3.8, 4) is 5.75 Å². The maximum Gasteiger partial charge on any atom is 0.134 e. The first-order valence-corrected chi connectivity index (χ1v) is 3.76. The van der Waals surface area contributed by atoms with E-state index in [2.05, 4.69) is 6.07 Å². The lowest BCUT2D eigenvalue weighted by Crippen LogP contribution is -1.95. The maximum absolute atomic E-state index is 10.7. The van der Waals surface area contributed by atoms with Crippen LogP contribution in [-0.4, -0.2) is 12.9 Å². The van der Waals surface area contributed by atoms with Crippen molar-refractivity contribution in [3.63, 3.8) is 0 Å². The van der Waals surface area contributed by atoms with Crippen LogP contribution in [0, 0.1) is 6.07 Å². The molecule has 1 radical (unpaired) electrons. The lowest BCUT2D eigenvalue weighted by molar-refractivity contribution is -0.116. The van der Waals surface area contributed by atoms with Crippen molar-refractivity contribution >= 4 is 5.78 Å². The Morgan fingerprint density at radius 1 is 1.58 bits per heavy atom. The number of carbonyl (C=O) groups excluding carboxylic acids is 1. The molecule has 0 saturated carbocycles. The molecule has 0 saturated heterocycles. The molecule has 0 bridgehead atoms. The number of ketones is 1. The molecule has 1 aromatic rings. The number of methoxy groups -OCH3 is 1. The minimum Gasteiger partial charge on any atom is -0.496 e. The Morgan fingerprint density at radius 2 is 2.33 bits per heavy atom. The van der Waals surface area contributed by atoms with Gasteiger partial charge in [-0.1, -0.05) is 6.07 Å². The van der Waals surface area contributed by atoms with Crippen molar-refractivity contribution in [2.45, 2.75) is 13.3 Å². The molecule has 0 atom stereocenters. The number of hydrogen-bond acceptors (Lipinski definition) is 2. The number of hydrogen-bond donors (Lipinski definition) is 0.